The maximum Gasteiger partial charge on any atom is 0.0931 e. The Hall–Kier alpha value is -0.0900. The maximum absolute atomic E-state index is 6.08. The lowest BCUT2D eigenvalue weighted by atomic mass is 10.0. The van der Waals surface area contributed by atoms with E-state index in [1.807, 2.05) is 0 Å². The summed E-state index contributed by atoms with van der Waals surface area (Å²) in [6, 6.07) is 4.13. The summed E-state index contributed by atoms with van der Waals surface area (Å²) < 4.78 is 0.911. The molecule has 0 bridgehead atoms. The van der Waals surface area contributed by atoms with Gasteiger partial charge in [-0.15, -0.1) is 11.3 Å². The molecule has 3 rings (SSSR count). The van der Waals surface area contributed by atoms with Gasteiger partial charge in [0, 0.05) is 24.7 Å². The van der Waals surface area contributed by atoms with Crippen molar-refractivity contribution < 1.29 is 0 Å². The molecule has 4 heteroatoms. The van der Waals surface area contributed by atoms with E-state index in [2.05, 4.69) is 28.6 Å². The summed E-state index contributed by atoms with van der Waals surface area (Å²) in [6.07, 6.45) is 6.80. The van der Waals surface area contributed by atoms with Crippen molar-refractivity contribution in [2.75, 3.05) is 13.1 Å². The summed E-state index contributed by atoms with van der Waals surface area (Å²) in [7, 11) is 0. The first-order chi connectivity index (χ1) is 9.24. The van der Waals surface area contributed by atoms with Crippen LogP contribution in [0, 0.1) is 0 Å². The number of nitrogens with one attached hydrogen (secondary N) is 1. The van der Waals surface area contributed by atoms with Gasteiger partial charge in [0.25, 0.3) is 0 Å². The molecule has 1 saturated carbocycles. The second-order valence-corrected chi connectivity index (χ2v) is 7.48. The molecular weight excluding hydrogens is 276 g/mol. The topological polar surface area (TPSA) is 15.3 Å². The molecular formula is C15H23ClN2S. The summed E-state index contributed by atoms with van der Waals surface area (Å²) in [4.78, 5) is 2.70. The lowest BCUT2D eigenvalue weighted by molar-refractivity contribution is 0.167. The molecule has 2 unspecified atom stereocenters. The Morgan fingerprint density at radius 2 is 2.26 bits per heavy atom. The number of thiophene rings is 1. The fourth-order valence-electron chi connectivity index (χ4n) is 3.10. The molecule has 2 heterocycles. The zero-order chi connectivity index (χ0) is 13.2. The van der Waals surface area contributed by atoms with Crippen molar-refractivity contribution in [1.82, 2.24) is 10.2 Å². The third-order valence-corrected chi connectivity index (χ3v) is 5.54. The molecule has 2 fully saturated rings. The molecule has 2 nitrogen and oxygen atoms in total. The smallest absolute Gasteiger partial charge is 0.0931 e. The highest BCUT2D eigenvalue weighted by Crippen LogP contribution is 2.36. The number of hydrogen-bond donors (Lipinski definition) is 1. The molecule has 1 aliphatic heterocycles. The van der Waals surface area contributed by atoms with E-state index >= 15 is 0 Å². The third-order valence-electron chi connectivity index (χ3n) is 4.43. The number of nitrogens with zero attached hydrogens (tertiary/aromatic N) is 1. The van der Waals surface area contributed by atoms with Crippen LogP contribution in [0.5, 0.6) is 0 Å². The van der Waals surface area contributed by atoms with Crippen LogP contribution in [-0.4, -0.2) is 30.1 Å². The Morgan fingerprint density at radius 1 is 1.42 bits per heavy atom. The molecule has 2 atom stereocenters. The summed E-state index contributed by atoms with van der Waals surface area (Å²) in [5.74, 6) is 0. The van der Waals surface area contributed by atoms with Crippen LogP contribution in [0.2, 0.25) is 4.34 Å². The lowest BCUT2D eigenvalue weighted by Crippen LogP contribution is -2.45. The van der Waals surface area contributed by atoms with Gasteiger partial charge in [0.05, 0.1) is 4.34 Å². The number of piperidine rings is 1. The van der Waals surface area contributed by atoms with Crippen LogP contribution in [-0.2, 0) is 0 Å². The van der Waals surface area contributed by atoms with Crippen molar-refractivity contribution in [3.05, 3.63) is 21.3 Å². The van der Waals surface area contributed by atoms with Crippen molar-refractivity contribution in [2.45, 2.75) is 57.2 Å². The molecule has 2 aliphatic rings. The molecule has 1 saturated heterocycles. The lowest BCUT2D eigenvalue weighted by Gasteiger charge is -2.34. The normalized spacial score (nSPS) is 25.7. The van der Waals surface area contributed by atoms with Crippen LogP contribution in [0.4, 0.5) is 0 Å². The van der Waals surface area contributed by atoms with Crippen molar-refractivity contribution in [1.29, 1.82) is 0 Å². The summed E-state index contributed by atoms with van der Waals surface area (Å²) in [5.41, 5.74) is 1.39. The highest BCUT2D eigenvalue weighted by atomic mass is 35.5. The first-order valence-corrected chi connectivity index (χ1v) is 8.73. The molecule has 1 N–H and O–H groups in total. The fraction of sp³-hybridized carbons (Fsp3) is 0.733. The molecule has 1 aromatic heterocycles. The monoisotopic (exact) mass is 298 g/mol. The quantitative estimate of drug-likeness (QED) is 0.881. The van der Waals surface area contributed by atoms with E-state index in [-0.39, 0.29) is 0 Å². The molecule has 1 aliphatic carbocycles. The Labute approximate surface area is 125 Å². The van der Waals surface area contributed by atoms with Crippen molar-refractivity contribution in [3.8, 4) is 0 Å². The second-order valence-electron chi connectivity index (χ2n) is 5.93. The van der Waals surface area contributed by atoms with Gasteiger partial charge in [0.2, 0.25) is 0 Å². The van der Waals surface area contributed by atoms with E-state index in [4.69, 9.17) is 11.6 Å². The summed E-state index contributed by atoms with van der Waals surface area (Å²) >= 11 is 7.74. The van der Waals surface area contributed by atoms with Gasteiger partial charge in [0.15, 0.2) is 0 Å². The second kappa shape index (κ2) is 6.13. The molecule has 19 heavy (non-hydrogen) atoms. The Kier molecular flexibility index (Phi) is 4.47. The van der Waals surface area contributed by atoms with Crippen LogP contribution in [0.1, 0.15) is 50.6 Å². The number of rotatable bonds is 5. The molecule has 0 radical (unpaired) electrons. The van der Waals surface area contributed by atoms with Gasteiger partial charge >= 0.3 is 0 Å². The largest absolute Gasteiger partial charge is 0.313 e. The Balaban J connectivity index is 1.66. The highest BCUT2D eigenvalue weighted by Gasteiger charge is 2.34. The third kappa shape index (κ3) is 3.52. The van der Waals surface area contributed by atoms with Gasteiger partial charge < -0.3 is 5.32 Å². The molecule has 0 amide bonds. The minimum absolute atomic E-state index is 0.500. The zero-order valence-electron chi connectivity index (χ0n) is 11.6. The van der Waals surface area contributed by atoms with Gasteiger partial charge in [-0.2, -0.15) is 0 Å². The van der Waals surface area contributed by atoms with Crippen LogP contribution < -0.4 is 5.32 Å². The average molecular weight is 299 g/mol. The van der Waals surface area contributed by atoms with E-state index in [9.17, 15) is 0 Å². The number of hydrogen-bond acceptors (Lipinski definition) is 3. The van der Waals surface area contributed by atoms with E-state index < -0.39 is 0 Å². The SMILES string of the molecule is CC(c1csc(Cl)c1)N(CC1CCCCN1)C1CC1. The van der Waals surface area contributed by atoms with Gasteiger partial charge in [-0.1, -0.05) is 18.0 Å². The van der Waals surface area contributed by atoms with Crippen molar-refractivity contribution in [3.63, 3.8) is 0 Å². The van der Waals surface area contributed by atoms with E-state index in [0.29, 0.717) is 12.1 Å². The van der Waals surface area contributed by atoms with Crippen LogP contribution in [0.15, 0.2) is 11.4 Å². The number of halogens is 1. The minimum Gasteiger partial charge on any atom is -0.313 e. The van der Waals surface area contributed by atoms with Crippen LogP contribution >= 0.6 is 22.9 Å². The van der Waals surface area contributed by atoms with Gasteiger partial charge in [0.1, 0.15) is 0 Å². The van der Waals surface area contributed by atoms with Gasteiger partial charge in [-0.3, -0.25) is 4.90 Å². The molecule has 0 aromatic carbocycles. The molecule has 0 spiro atoms. The summed E-state index contributed by atoms with van der Waals surface area (Å²) in [6.45, 7) is 4.72. The van der Waals surface area contributed by atoms with E-state index in [1.54, 1.807) is 11.3 Å². The van der Waals surface area contributed by atoms with Crippen molar-refractivity contribution >= 4 is 22.9 Å². The van der Waals surface area contributed by atoms with E-state index in [0.717, 1.165) is 10.4 Å². The maximum atomic E-state index is 6.08. The van der Waals surface area contributed by atoms with Gasteiger partial charge in [-0.25, -0.2) is 0 Å². The van der Waals surface area contributed by atoms with Crippen molar-refractivity contribution in [2.24, 2.45) is 0 Å². The highest BCUT2D eigenvalue weighted by molar-refractivity contribution is 7.14. The average Bonchev–Trinajstić information content (AvgIpc) is 3.18. The standard InChI is InChI=1S/C15H23ClN2S/c1-11(12-8-15(16)19-10-12)18(14-5-6-14)9-13-4-2-3-7-17-13/h8,10-11,13-14,17H,2-7,9H2,1H3. The first kappa shape index (κ1) is 13.9. The first-order valence-electron chi connectivity index (χ1n) is 7.47. The zero-order valence-corrected chi connectivity index (χ0v) is 13.1. The predicted molar refractivity (Wildman–Crippen MR) is 83.1 cm³/mol. The minimum atomic E-state index is 0.500. The van der Waals surface area contributed by atoms with Crippen LogP contribution in [0.3, 0.4) is 0 Å². The van der Waals surface area contributed by atoms with Crippen LogP contribution in [0.25, 0.3) is 0 Å². The Bertz CT molecular complexity index is 410. The summed E-state index contributed by atoms with van der Waals surface area (Å²) in [5, 5.41) is 5.90. The van der Waals surface area contributed by atoms with E-state index in [1.165, 1.54) is 50.8 Å². The predicted octanol–water partition coefficient (Wildman–Crippen LogP) is 4.07. The fourth-order valence-corrected chi connectivity index (χ4v) is 4.08. The van der Waals surface area contributed by atoms with Gasteiger partial charge in [-0.05, 0) is 56.2 Å². The molecule has 106 valence electrons. The Morgan fingerprint density at radius 3 is 2.84 bits per heavy atom. The molecule has 1 aromatic rings.